The van der Waals surface area contributed by atoms with E-state index in [2.05, 4.69) is 34.1 Å². The van der Waals surface area contributed by atoms with E-state index in [4.69, 9.17) is 34.8 Å². The molecule has 0 radical (unpaired) electrons. The molecule has 1 heterocycles. The van der Waals surface area contributed by atoms with Crippen molar-refractivity contribution in [1.29, 1.82) is 0 Å². The zero-order chi connectivity index (χ0) is 21.1. The molecule has 0 spiro atoms. The number of rotatable bonds is 5. The fourth-order valence-electron chi connectivity index (χ4n) is 4.17. The lowest BCUT2D eigenvalue weighted by Gasteiger charge is -2.46. The first-order valence-electron chi connectivity index (χ1n) is 9.94. The maximum absolute atomic E-state index is 10.2. The number of aliphatic hydroxyl groups is 1. The van der Waals surface area contributed by atoms with E-state index in [1.807, 2.05) is 42.5 Å². The monoisotopic (exact) mass is 460 g/mol. The summed E-state index contributed by atoms with van der Waals surface area (Å²) >= 11 is 18.8. The van der Waals surface area contributed by atoms with Crippen LogP contribution in [0.2, 0.25) is 15.1 Å². The smallest absolute Gasteiger partial charge is 0.0670 e. The van der Waals surface area contributed by atoms with Crippen LogP contribution in [0.15, 0.2) is 72.8 Å². The Kier molecular flexibility index (Phi) is 6.87. The molecule has 4 rings (SSSR count). The zero-order valence-electron chi connectivity index (χ0n) is 16.4. The predicted molar refractivity (Wildman–Crippen MR) is 126 cm³/mol. The molecule has 3 nitrogen and oxygen atoms in total. The first-order chi connectivity index (χ1) is 14.6. The van der Waals surface area contributed by atoms with Gasteiger partial charge < -0.3 is 10.0 Å². The highest BCUT2D eigenvalue weighted by atomic mass is 35.5. The van der Waals surface area contributed by atoms with Crippen LogP contribution < -0.4 is 4.90 Å². The summed E-state index contributed by atoms with van der Waals surface area (Å²) in [6, 6.07) is 23.7. The normalized spacial score (nSPS) is 18.4. The van der Waals surface area contributed by atoms with Crippen molar-refractivity contribution in [3.05, 3.63) is 99.0 Å². The number of piperazine rings is 1. The van der Waals surface area contributed by atoms with Crippen molar-refractivity contribution in [3.8, 4) is 0 Å². The van der Waals surface area contributed by atoms with Gasteiger partial charge in [0.2, 0.25) is 0 Å². The Morgan fingerprint density at radius 2 is 1.57 bits per heavy atom. The van der Waals surface area contributed by atoms with E-state index in [1.54, 1.807) is 6.07 Å². The molecule has 0 aliphatic carbocycles. The number of halogens is 3. The molecule has 0 saturated carbocycles. The number of hydrogen-bond donors (Lipinski definition) is 1. The molecule has 30 heavy (non-hydrogen) atoms. The Hall–Kier alpha value is -1.75. The van der Waals surface area contributed by atoms with Crippen LogP contribution in [0.1, 0.15) is 23.2 Å². The summed E-state index contributed by atoms with van der Waals surface area (Å²) in [5, 5.41) is 12.1. The van der Waals surface area contributed by atoms with Crippen LogP contribution in [0.4, 0.5) is 5.69 Å². The second kappa shape index (κ2) is 9.59. The minimum atomic E-state index is -0.0520. The van der Waals surface area contributed by atoms with Crippen LogP contribution >= 0.6 is 34.8 Å². The van der Waals surface area contributed by atoms with Crippen molar-refractivity contribution in [2.24, 2.45) is 0 Å². The lowest BCUT2D eigenvalue weighted by atomic mass is 9.98. The van der Waals surface area contributed by atoms with Gasteiger partial charge in [0.1, 0.15) is 0 Å². The third-order valence-corrected chi connectivity index (χ3v) is 6.47. The maximum atomic E-state index is 10.2. The van der Waals surface area contributed by atoms with Gasteiger partial charge in [-0.2, -0.15) is 0 Å². The third kappa shape index (κ3) is 4.61. The van der Waals surface area contributed by atoms with Crippen molar-refractivity contribution in [3.63, 3.8) is 0 Å². The van der Waals surface area contributed by atoms with Crippen LogP contribution in [0.3, 0.4) is 0 Å². The number of nitrogens with zero attached hydrogens (tertiary/aromatic N) is 2. The molecular formula is C24H23Cl3N2O. The van der Waals surface area contributed by atoms with Gasteiger partial charge in [0.05, 0.1) is 29.4 Å². The molecule has 2 atom stereocenters. The van der Waals surface area contributed by atoms with Gasteiger partial charge in [-0.05, 0) is 41.5 Å². The summed E-state index contributed by atoms with van der Waals surface area (Å²) in [7, 11) is 0. The van der Waals surface area contributed by atoms with E-state index < -0.39 is 0 Å². The molecule has 156 valence electrons. The minimum absolute atomic E-state index is 0.0520. The Balaban J connectivity index is 1.68. The van der Waals surface area contributed by atoms with Gasteiger partial charge in [-0.15, -0.1) is 0 Å². The zero-order valence-corrected chi connectivity index (χ0v) is 18.7. The molecule has 3 aromatic carbocycles. The quantitative estimate of drug-likeness (QED) is 0.487. The van der Waals surface area contributed by atoms with Gasteiger partial charge in [-0.3, -0.25) is 4.90 Å². The molecule has 1 N–H and O–H groups in total. The molecule has 0 aromatic heterocycles. The summed E-state index contributed by atoms with van der Waals surface area (Å²) in [6.07, 6.45) is 0. The molecule has 0 amide bonds. The van der Waals surface area contributed by atoms with Crippen molar-refractivity contribution < 1.29 is 5.11 Å². The molecule has 1 aliphatic rings. The van der Waals surface area contributed by atoms with Crippen LogP contribution in [0.25, 0.3) is 0 Å². The van der Waals surface area contributed by atoms with Crippen molar-refractivity contribution >= 4 is 40.5 Å². The van der Waals surface area contributed by atoms with Gasteiger partial charge in [0.25, 0.3) is 0 Å². The largest absolute Gasteiger partial charge is 0.394 e. The van der Waals surface area contributed by atoms with E-state index in [0.29, 0.717) is 15.1 Å². The van der Waals surface area contributed by atoms with Gasteiger partial charge in [-0.1, -0.05) is 77.3 Å². The highest BCUT2D eigenvalue weighted by molar-refractivity contribution is 6.36. The van der Waals surface area contributed by atoms with Crippen LogP contribution in [-0.4, -0.2) is 36.2 Å². The fourth-order valence-corrected chi connectivity index (χ4v) is 4.81. The average molecular weight is 462 g/mol. The average Bonchev–Trinajstić information content (AvgIpc) is 2.76. The maximum Gasteiger partial charge on any atom is 0.0670 e. The molecule has 6 heteroatoms. The number of aliphatic hydroxyl groups excluding tert-OH is 1. The van der Waals surface area contributed by atoms with Crippen LogP contribution in [0, 0.1) is 0 Å². The molecular weight excluding hydrogens is 439 g/mol. The third-order valence-electron chi connectivity index (χ3n) is 5.68. The summed E-state index contributed by atoms with van der Waals surface area (Å²) in [6.45, 7) is 2.40. The molecule has 2 unspecified atom stereocenters. The van der Waals surface area contributed by atoms with Gasteiger partial charge >= 0.3 is 0 Å². The standard InChI is InChI=1S/C24H23Cl3N2O/c25-19-8-6-18(7-9-19)23-15-28(24(16-30)17-4-2-1-3-5-17)12-13-29(23)22-11-10-20(26)14-21(22)27/h1-11,14,23-24,30H,12-13,15-16H2. The lowest BCUT2D eigenvalue weighted by molar-refractivity contribution is 0.103. The van der Waals surface area contributed by atoms with E-state index >= 15 is 0 Å². The lowest BCUT2D eigenvalue weighted by Crippen LogP contribution is -2.50. The topological polar surface area (TPSA) is 26.7 Å². The Morgan fingerprint density at radius 1 is 0.867 bits per heavy atom. The summed E-state index contributed by atoms with van der Waals surface area (Å²) in [5.74, 6) is 0. The van der Waals surface area contributed by atoms with E-state index in [1.165, 1.54) is 0 Å². The number of anilines is 1. The number of hydrogen-bond acceptors (Lipinski definition) is 3. The Morgan fingerprint density at radius 3 is 2.23 bits per heavy atom. The fraction of sp³-hybridized carbons (Fsp3) is 0.250. The first-order valence-corrected chi connectivity index (χ1v) is 11.1. The SMILES string of the molecule is OCC(c1ccccc1)N1CCN(c2ccc(Cl)cc2Cl)C(c2ccc(Cl)cc2)C1. The predicted octanol–water partition coefficient (Wildman–Crippen LogP) is 6.24. The minimum Gasteiger partial charge on any atom is -0.394 e. The van der Waals surface area contributed by atoms with Gasteiger partial charge in [0.15, 0.2) is 0 Å². The van der Waals surface area contributed by atoms with E-state index in [9.17, 15) is 5.11 Å². The Labute approximate surface area is 192 Å². The summed E-state index contributed by atoms with van der Waals surface area (Å²) in [4.78, 5) is 4.66. The highest BCUT2D eigenvalue weighted by Crippen LogP contribution is 2.38. The van der Waals surface area contributed by atoms with E-state index in [0.717, 1.165) is 36.4 Å². The van der Waals surface area contributed by atoms with Crippen LogP contribution in [0.5, 0.6) is 0 Å². The summed E-state index contributed by atoms with van der Waals surface area (Å²) < 4.78 is 0. The van der Waals surface area contributed by atoms with Gasteiger partial charge in [-0.25, -0.2) is 0 Å². The number of benzene rings is 3. The molecule has 3 aromatic rings. The van der Waals surface area contributed by atoms with Crippen molar-refractivity contribution in [1.82, 2.24) is 4.90 Å². The molecule has 0 bridgehead atoms. The molecule has 1 saturated heterocycles. The Bertz CT molecular complexity index is 982. The van der Waals surface area contributed by atoms with Crippen molar-refractivity contribution in [2.45, 2.75) is 12.1 Å². The van der Waals surface area contributed by atoms with Crippen LogP contribution in [-0.2, 0) is 0 Å². The van der Waals surface area contributed by atoms with Gasteiger partial charge in [0, 0.05) is 29.7 Å². The molecule has 1 fully saturated rings. The van der Waals surface area contributed by atoms with Crippen molar-refractivity contribution in [2.75, 3.05) is 31.1 Å². The molecule has 1 aliphatic heterocycles. The second-order valence-corrected chi connectivity index (χ2v) is 8.74. The highest BCUT2D eigenvalue weighted by Gasteiger charge is 2.33. The van der Waals surface area contributed by atoms with E-state index in [-0.39, 0.29) is 18.7 Å². The second-order valence-electron chi connectivity index (χ2n) is 7.46. The summed E-state index contributed by atoms with van der Waals surface area (Å²) in [5.41, 5.74) is 3.23. The first kappa shape index (κ1) is 21.5.